The first-order valence-corrected chi connectivity index (χ1v) is 8.14. The Morgan fingerprint density at radius 2 is 2.21 bits per heavy atom. The Morgan fingerprint density at radius 3 is 3.00 bits per heavy atom. The van der Waals surface area contributed by atoms with Crippen molar-refractivity contribution in [1.82, 2.24) is 14.4 Å². The van der Waals surface area contributed by atoms with E-state index in [1.54, 1.807) is 6.20 Å². The molecule has 1 aliphatic carbocycles. The summed E-state index contributed by atoms with van der Waals surface area (Å²) in [7, 11) is 0. The van der Waals surface area contributed by atoms with Crippen molar-refractivity contribution >= 4 is 23.1 Å². The molecule has 3 aromatic rings. The third-order valence-corrected chi connectivity index (χ3v) is 4.16. The van der Waals surface area contributed by atoms with Crippen LogP contribution in [0.4, 0.5) is 11.5 Å². The molecule has 2 aromatic heterocycles. The van der Waals surface area contributed by atoms with E-state index in [-0.39, 0.29) is 5.91 Å². The maximum absolute atomic E-state index is 11.3. The molecular weight excluding hydrogens is 302 g/mol. The summed E-state index contributed by atoms with van der Waals surface area (Å²) in [6, 6.07) is 7.75. The van der Waals surface area contributed by atoms with E-state index in [1.807, 2.05) is 41.1 Å². The van der Waals surface area contributed by atoms with E-state index in [2.05, 4.69) is 20.6 Å². The number of carbonyl (C=O) groups excluding carboxylic acids is 1. The minimum atomic E-state index is -0.0824. The number of carbonyl (C=O) groups is 1. The number of nitrogens with zero attached hydrogens (tertiary/aromatic N) is 3. The normalized spacial score (nSPS) is 13.9. The van der Waals surface area contributed by atoms with Gasteiger partial charge in [0.25, 0.3) is 0 Å². The zero-order valence-electron chi connectivity index (χ0n) is 13.5. The van der Waals surface area contributed by atoms with Crippen LogP contribution < -0.4 is 10.6 Å². The van der Waals surface area contributed by atoms with Crippen LogP contribution in [-0.4, -0.2) is 26.8 Å². The van der Waals surface area contributed by atoms with E-state index in [9.17, 15) is 4.79 Å². The number of hydrogen-bond acceptors (Lipinski definition) is 4. The summed E-state index contributed by atoms with van der Waals surface area (Å²) in [6.45, 7) is 2.46. The smallest absolute Gasteiger partial charge is 0.221 e. The van der Waals surface area contributed by atoms with Crippen LogP contribution >= 0.6 is 0 Å². The van der Waals surface area contributed by atoms with Gasteiger partial charge in [0.2, 0.25) is 5.91 Å². The van der Waals surface area contributed by atoms with Crippen LogP contribution in [0.25, 0.3) is 16.9 Å². The minimum Gasteiger partial charge on any atom is -0.367 e. The minimum absolute atomic E-state index is 0.0824. The lowest BCUT2D eigenvalue weighted by molar-refractivity contribution is -0.114. The number of aromatic nitrogens is 3. The molecule has 2 heterocycles. The van der Waals surface area contributed by atoms with Crippen molar-refractivity contribution in [2.75, 3.05) is 17.2 Å². The zero-order valence-corrected chi connectivity index (χ0v) is 13.5. The highest BCUT2D eigenvalue weighted by Crippen LogP contribution is 2.30. The Labute approximate surface area is 139 Å². The molecule has 0 saturated heterocycles. The molecule has 4 rings (SSSR count). The molecule has 1 fully saturated rings. The highest BCUT2D eigenvalue weighted by atomic mass is 16.1. The van der Waals surface area contributed by atoms with Gasteiger partial charge in [-0.25, -0.2) is 9.97 Å². The van der Waals surface area contributed by atoms with Crippen LogP contribution in [0, 0.1) is 5.92 Å². The Morgan fingerprint density at radius 1 is 1.33 bits per heavy atom. The molecule has 0 spiro atoms. The van der Waals surface area contributed by atoms with Crippen LogP contribution in [0.5, 0.6) is 0 Å². The van der Waals surface area contributed by atoms with Gasteiger partial charge in [-0.2, -0.15) is 0 Å². The van der Waals surface area contributed by atoms with Crippen LogP contribution in [0.15, 0.2) is 42.9 Å². The second-order valence-corrected chi connectivity index (χ2v) is 6.20. The molecular formula is C18H19N5O. The third kappa shape index (κ3) is 2.95. The fraction of sp³-hybridized carbons (Fsp3) is 0.278. The van der Waals surface area contributed by atoms with Crippen molar-refractivity contribution in [2.45, 2.75) is 19.8 Å². The third-order valence-electron chi connectivity index (χ3n) is 4.16. The first-order chi connectivity index (χ1) is 11.7. The fourth-order valence-corrected chi connectivity index (χ4v) is 2.78. The first kappa shape index (κ1) is 14.7. The van der Waals surface area contributed by atoms with Crippen LogP contribution in [0.1, 0.15) is 19.8 Å². The lowest BCUT2D eigenvalue weighted by Crippen LogP contribution is -2.07. The largest absolute Gasteiger partial charge is 0.367 e. The molecule has 1 aromatic carbocycles. The standard InChI is InChI=1S/C18H19N5O/c1-12(24)22-15-4-2-3-14(9-15)16-11-21-18-17(19-7-8-23(16)18)20-10-13-5-6-13/h2-4,7-9,11,13H,5-6,10H2,1H3,(H,19,20)(H,22,24). The molecule has 122 valence electrons. The lowest BCUT2D eigenvalue weighted by Gasteiger charge is -2.08. The summed E-state index contributed by atoms with van der Waals surface area (Å²) in [5.74, 6) is 1.51. The van der Waals surface area contributed by atoms with E-state index in [4.69, 9.17) is 0 Å². The van der Waals surface area contributed by atoms with E-state index in [0.717, 1.165) is 40.9 Å². The van der Waals surface area contributed by atoms with E-state index < -0.39 is 0 Å². The van der Waals surface area contributed by atoms with E-state index in [0.29, 0.717) is 0 Å². The summed E-state index contributed by atoms with van der Waals surface area (Å²) in [4.78, 5) is 20.2. The Bertz CT molecular complexity index is 897. The SMILES string of the molecule is CC(=O)Nc1cccc(-c2cnc3c(NCC4CC4)nccn23)c1. The van der Waals surface area contributed by atoms with Crippen LogP contribution in [-0.2, 0) is 4.79 Å². The Balaban J connectivity index is 1.69. The summed E-state index contributed by atoms with van der Waals surface area (Å²) in [5.41, 5.74) is 3.55. The molecule has 0 bridgehead atoms. The molecule has 24 heavy (non-hydrogen) atoms. The van der Waals surface area contributed by atoms with Gasteiger partial charge in [-0.1, -0.05) is 12.1 Å². The van der Waals surface area contributed by atoms with Crippen molar-refractivity contribution < 1.29 is 4.79 Å². The molecule has 0 radical (unpaired) electrons. The van der Waals surface area contributed by atoms with Gasteiger partial charge < -0.3 is 10.6 Å². The topological polar surface area (TPSA) is 71.3 Å². The second kappa shape index (κ2) is 5.96. The van der Waals surface area contributed by atoms with Crippen LogP contribution in [0.2, 0.25) is 0 Å². The zero-order chi connectivity index (χ0) is 16.5. The first-order valence-electron chi connectivity index (χ1n) is 8.14. The Kier molecular flexibility index (Phi) is 3.65. The monoisotopic (exact) mass is 321 g/mol. The van der Waals surface area contributed by atoms with Gasteiger partial charge in [0.05, 0.1) is 11.9 Å². The number of hydrogen-bond donors (Lipinski definition) is 2. The average molecular weight is 321 g/mol. The molecule has 2 N–H and O–H groups in total. The number of imidazole rings is 1. The summed E-state index contributed by atoms with van der Waals surface area (Å²) >= 11 is 0. The average Bonchev–Trinajstić information content (AvgIpc) is 3.29. The predicted octanol–water partition coefficient (Wildman–Crippen LogP) is 3.18. The quantitative estimate of drug-likeness (QED) is 0.757. The van der Waals surface area contributed by atoms with Crippen molar-refractivity contribution in [1.29, 1.82) is 0 Å². The van der Waals surface area contributed by atoms with E-state index >= 15 is 0 Å². The Hall–Kier alpha value is -2.89. The molecule has 0 aliphatic heterocycles. The van der Waals surface area contributed by atoms with Gasteiger partial charge in [-0.05, 0) is 30.9 Å². The number of benzene rings is 1. The maximum atomic E-state index is 11.3. The second-order valence-electron chi connectivity index (χ2n) is 6.20. The number of nitrogens with one attached hydrogen (secondary N) is 2. The molecule has 0 unspecified atom stereocenters. The van der Waals surface area contributed by atoms with Crippen molar-refractivity contribution in [2.24, 2.45) is 5.92 Å². The molecule has 1 aliphatic rings. The van der Waals surface area contributed by atoms with Crippen molar-refractivity contribution in [3.63, 3.8) is 0 Å². The van der Waals surface area contributed by atoms with Gasteiger partial charge in [-0.15, -0.1) is 0 Å². The van der Waals surface area contributed by atoms with Gasteiger partial charge in [0, 0.05) is 37.1 Å². The van der Waals surface area contributed by atoms with Gasteiger partial charge in [-0.3, -0.25) is 9.20 Å². The lowest BCUT2D eigenvalue weighted by atomic mass is 10.1. The van der Waals surface area contributed by atoms with Gasteiger partial charge in [0.1, 0.15) is 0 Å². The number of amides is 1. The van der Waals surface area contributed by atoms with Gasteiger partial charge in [0.15, 0.2) is 11.5 Å². The van der Waals surface area contributed by atoms with Gasteiger partial charge >= 0.3 is 0 Å². The summed E-state index contributed by atoms with van der Waals surface area (Å²) in [6.07, 6.45) is 8.12. The molecule has 6 nitrogen and oxygen atoms in total. The highest BCUT2D eigenvalue weighted by molar-refractivity contribution is 5.89. The summed E-state index contributed by atoms with van der Waals surface area (Å²) < 4.78 is 2.02. The maximum Gasteiger partial charge on any atom is 0.221 e. The highest BCUT2D eigenvalue weighted by Gasteiger charge is 2.21. The summed E-state index contributed by atoms with van der Waals surface area (Å²) in [5, 5.41) is 6.21. The number of rotatable bonds is 5. The predicted molar refractivity (Wildman–Crippen MR) is 93.9 cm³/mol. The molecule has 6 heteroatoms. The molecule has 1 amide bonds. The van der Waals surface area contributed by atoms with Crippen molar-refractivity contribution in [3.8, 4) is 11.3 Å². The van der Waals surface area contributed by atoms with E-state index in [1.165, 1.54) is 19.8 Å². The molecule has 0 atom stereocenters. The number of anilines is 2. The molecule has 1 saturated carbocycles. The fourth-order valence-electron chi connectivity index (χ4n) is 2.78. The van der Waals surface area contributed by atoms with Crippen molar-refractivity contribution in [3.05, 3.63) is 42.9 Å². The van der Waals surface area contributed by atoms with Crippen LogP contribution in [0.3, 0.4) is 0 Å². The number of fused-ring (bicyclic) bond motifs is 1.